The van der Waals surface area contributed by atoms with Gasteiger partial charge in [-0.1, -0.05) is 42.1 Å². The molecule has 0 aliphatic rings. The van der Waals surface area contributed by atoms with Gasteiger partial charge in [-0.25, -0.2) is 12.8 Å². The third kappa shape index (κ3) is 4.46. The largest absolute Gasteiger partial charge is 0.270 e. The first-order valence-corrected chi connectivity index (χ1v) is 10.6. The fraction of sp³-hybridized carbons (Fsp3) is 0.176. The van der Waals surface area contributed by atoms with Gasteiger partial charge in [0.15, 0.2) is 11.0 Å². The molecule has 0 saturated carbocycles. The molecule has 25 heavy (non-hydrogen) atoms. The molecule has 0 unspecified atom stereocenters. The summed E-state index contributed by atoms with van der Waals surface area (Å²) < 4.78 is 37.8. The summed E-state index contributed by atoms with van der Waals surface area (Å²) in [6.07, 6.45) is 1.20. The molecule has 0 aliphatic carbocycles. The maximum atomic E-state index is 13.3. The van der Waals surface area contributed by atoms with Crippen LogP contribution in [0.2, 0.25) is 0 Å². The first-order valence-electron chi connectivity index (χ1n) is 7.51. The fourth-order valence-corrected chi connectivity index (χ4v) is 4.39. The number of rotatable bonds is 6. The van der Waals surface area contributed by atoms with Crippen LogP contribution >= 0.6 is 11.8 Å². The Bertz CT molecular complexity index is 955. The first-order chi connectivity index (χ1) is 11.9. The van der Waals surface area contributed by atoms with Gasteiger partial charge in [-0.15, -0.1) is 10.2 Å². The Morgan fingerprint density at radius 3 is 2.36 bits per heavy atom. The van der Waals surface area contributed by atoms with E-state index in [1.54, 1.807) is 12.1 Å². The maximum absolute atomic E-state index is 13.3. The summed E-state index contributed by atoms with van der Waals surface area (Å²) in [5.74, 6) is 0.708. The van der Waals surface area contributed by atoms with Crippen molar-refractivity contribution in [3.63, 3.8) is 0 Å². The van der Waals surface area contributed by atoms with E-state index >= 15 is 0 Å². The topological polar surface area (TPSA) is 64.8 Å². The molecule has 0 N–H and O–H groups in total. The van der Waals surface area contributed by atoms with Crippen molar-refractivity contribution >= 4 is 21.6 Å². The van der Waals surface area contributed by atoms with Gasteiger partial charge < -0.3 is 0 Å². The first kappa shape index (κ1) is 17.6. The fourth-order valence-electron chi connectivity index (χ4n) is 2.24. The van der Waals surface area contributed by atoms with Crippen molar-refractivity contribution in [2.45, 2.75) is 5.16 Å². The highest BCUT2D eigenvalue weighted by molar-refractivity contribution is 8.00. The van der Waals surface area contributed by atoms with Crippen molar-refractivity contribution in [3.8, 4) is 17.1 Å². The lowest BCUT2D eigenvalue weighted by molar-refractivity contribution is 0.603. The zero-order valence-corrected chi connectivity index (χ0v) is 15.1. The van der Waals surface area contributed by atoms with Crippen LogP contribution in [0.3, 0.4) is 0 Å². The molecule has 8 heteroatoms. The Hall–Kier alpha value is -2.19. The van der Waals surface area contributed by atoms with E-state index in [-0.39, 0.29) is 11.6 Å². The van der Waals surface area contributed by atoms with Gasteiger partial charge in [-0.3, -0.25) is 4.57 Å². The van der Waals surface area contributed by atoms with Crippen LogP contribution in [0.4, 0.5) is 4.39 Å². The molecule has 3 rings (SSSR count). The zero-order chi connectivity index (χ0) is 17.9. The number of aromatic nitrogens is 3. The summed E-state index contributed by atoms with van der Waals surface area (Å²) in [6.45, 7) is 0. The summed E-state index contributed by atoms with van der Waals surface area (Å²) in [5.41, 5.74) is 1.58. The van der Waals surface area contributed by atoms with Crippen LogP contribution < -0.4 is 0 Å². The standard InChI is InChI=1S/C17H16FN3O2S2/c1-25(22,23)12-11-24-17-20-19-16(13-5-3-2-4-6-13)21(17)15-9-7-14(18)8-10-15/h2-10H,11-12H2,1H3. The number of hydrogen-bond acceptors (Lipinski definition) is 5. The molecule has 1 heterocycles. The molecular weight excluding hydrogens is 361 g/mol. The van der Waals surface area contributed by atoms with E-state index in [1.807, 2.05) is 34.9 Å². The molecule has 2 aromatic carbocycles. The van der Waals surface area contributed by atoms with Crippen molar-refractivity contribution in [2.75, 3.05) is 17.8 Å². The second-order valence-electron chi connectivity index (χ2n) is 5.46. The number of nitrogens with zero attached hydrogens (tertiary/aromatic N) is 3. The van der Waals surface area contributed by atoms with Gasteiger partial charge >= 0.3 is 0 Å². The summed E-state index contributed by atoms with van der Waals surface area (Å²) >= 11 is 1.30. The van der Waals surface area contributed by atoms with Gasteiger partial charge in [-0.05, 0) is 24.3 Å². The third-order valence-corrected chi connectivity index (χ3v) is 5.57. The molecule has 1 aromatic heterocycles. The maximum Gasteiger partial charge on any atom is 0.196 e. The second-order valence-corrected chi connectivity index (χ2v) is 8.78. The number of sulfone groups is 1. The summed E-state index contributed by atoms with van der Waals surface area (Å²) in [7, 11) is -3.05. The monoisotopic (exact) mass is 377 g/mol. The lowest BCUT2D eigenvalue weighted by atomic mass is 10.2. The van der Waals surface area contributed by atoms with Gasteiger partial charge in [0.2, 0.25) is 0 Å². The SMILES string of the molecule is CS(=O)(=O)CCSc1nnc(-c2ccccc2)n1-c1ccc(F)cc1. The zero-order valence-electron chi connectivity index (χ0n) is 13.5. The molecule has 0 saturated heterocycles. The normalized spacial score (nSPS) is 11.6. The Labute approximate surface area is 149 Å². The van der Waals surface area contributed by atoms with Crippen LogP contribution in [-0.4, -0.2) is 40.9 Å². The lowest BCUT2D eigenvalue weighted by Gasteiger charge is -2.10. The molecular formula is C17H16FN3O2S2. The van der Waals surface area contributed by atoms with Crippen molar-refractivity contribution < 1.29 is 12.8 Å². The molecule has 0 fully saturated rings. The number of hydrogen-bond donors (Lipinski definition) is 0. The Morgan fingerprint density at radius 1 is 1.04 bits per heavy atom. The molecule has 3 aromatic rings. The molecule has 0 radical (unpaired) electrons. The third-order valence-electron chi connectivity index (χ3n) is 3.44. The number of benzene rings is 2. The van der Waals surface area contributed by atoms with E-state index < -0.39 is 9.84 Å². The lowest BCUT2D eigenvalue weighted by Crippen LogP contribution is -2.06. The van der Waals surface area contributed by atoms with Crippen LogP contribution in [0, 0.1) is 5.82 Å². The minimum Gasteiger partial charge on any atom is -0.270 e. The minimum absolute atomic E-state index is 0.0502. The molecule has 0 spiro atoms. The minimum atomic E-state index is -3.05. The van der Waals surface area contributed by atoms with Gasteiger partial charge in [0, 0.05) is 23.3 Å². The van der Waals surface area contributed by atoms with E-state index in [4.69, 9.17) is 0 Å². The van der Waals surface area contributed by atoms with Gasteiger partial charge in [0.05, 0.1) is 5.75 Å². The van der Waals surface area contributed by atoms with Gasteiger partial charge in [0.25, 0.3) is 0 Å². The summed E-state index contributed by atoms with van der Waals surface area (Å²) in [4.78, 5) is 0. The quantitative estimate of drug-likeness (QED) is 0.617. The van der Waals surface area contributed by atoms with Gasteiger partial charge in [-0.2, -0.15) is 0 Å². The molecule has 0 bridgehead atoms. The molecule has 0 aliphatic heterocycles. The van der Waals surface area contributed by atoms with Crippen LogP contribution in [0.1, 0.15) is 0 Å². The highest BCUT2D eigenvalue weighted by Crippen LogP contribution is 2.28. The molecule has 5 nitrogen and oxygen atoms in total. The Morgan fingerprint density at radius 2 is 1.72 bits per heavy atom. The summed E-state index contributed by atoms with van der Waals surface area (Å²) in [6, 6.07) is 15.6. The van der Waals surface area contributed by atoms with Crippen LogP contribution in [0.5, 0.6) is 0 Å². The predicted octanol–water partition coefficient (Wildman–Crippen LogP) is 3.21. The number of thioether (sulfide) groups is 1. The highest BCUT2D eigenvalue weighted by atomic mass is 32.2. The van der Waals surface area contributed by atoms with E-state index in [0.717, 1.165) is 5.56 Å². The predicted molar refractivity (Wildman–Crippen MR) is 97.2 cm³/mol. The van der Waals surface area contributed by atoms with Crippen molar-refractivity contribution in [1.29, 1.82) is 0 Å². The summed E-state index contributed by atoms with van der Waals surface area (Å²) in [5, 5.41) is 9.01. The molecule has 130 valence electrons. The van der Waals surface area contributed by atoms with Crippen molar-refractivity contribution in [2.24, 2.45) is 0 Å². The smallest absolute Gasteiger partial charge is 0.196 e. The second kappa shape index (κ2) is 7.37. The van der Waals surface area contributed by atoms with E-state index in [0.29, 0.717) is 22.4 Å². The molecule has 0 amide bonds. The Kier molecular flexibility index (Phi) is 5.19. The van der Waals surface area contributed by atoms with E-state index in [1.165, 1.54) is 30.2 Å². The van der Waals surface area contributed by atoms with Crippen molar-refractivity contribution in [1.82, 2.24) is 14.8 Å². The van der Waals surface area contributed by atoms with Crippen molar-refractivity contribution in [3.05, 3.63) is 60.4 Å². The average Bonchev–Trinajstić information content (AvgIpc) is 2.99. The average molecular weight is 377 g/mol. The van der Waals surface area contributed by atoms with E-state index in [2.05, 4.69) is 10.2 Å². The van der Waals surface area contributed by atoms with Crippen LogP contribution in [-0.2, 0) is 9.84 Å². The Balaban J connectivity index is 2.01. The number of halogens is 1. The van der Waals surface area contributed by atoms with Crippen LogP contribution in [0.25, 0.3) is 17.1 Å². The van der Waals surface area contributed by atoms with Gasteiger partial charge in [0.1, 0.15) is 15.7 Å². The van der Waals surface area contributed by atoms with E-state index in [9.17, 15) is 12.8 Å². The molecule has 0 atom stereocenters. The highest BCUT2D eigenvalue weighted by Gasteiger charge is 2.16. The van der Waals surface area contributed by atoms with Crippen LogP contribution in [0.15, 0.2) is 59.8 Å².